The van der Waals surface area contributed by atoms with Crippen LogP contribution in [-0.4, -0.2) is 39.8 Å². The van der Waals surface area contributed by atoms with Crippen molar-refractivity contribution >= 4 is 28.2 Å². The number of ether oxygens (including phenoxy) is 4. The number of amides is 1. The first-order valence-electron chi connectivity index (χ1n) is 8.69. The smallest absolute Gasteiger partial charge is 0.348 e. The maximum absolute atomic E-state index is 12.6. The van der Waals surface area contributed by atoms with Crippen molar-refractivity contribution in [2.24, 2.45) is 0 Å². The van der Waals surface area contributed by atoms with E-state index in [9.17, 15) is 14.9 Å². The Morgan fingerprint density at radius 3 is 2.24 bits per heavy atom. The summed E-state index contributed by atoms with van der Waals surface area (Å²) in [4.78, 5) is 24.9. The molecular weight excluding hydrogens is 396 g/mol. The molecule has 1 heterocycles. The summed E-state index contributed by atoms with van der Waals surface area (Å²) in [6.45, 7) is 3.57. The van der Waals surface area contributed by atoms with Gasteiger partial charge in [-0.05, 0) is 37.1 Å². The second-order valence-corrected chi connectivity index (χ2v) is 6.87. The van der Waals surface area contributed by atoms with Gasteiger partial charge >= 0.3 is 5.97 Å². The predicted molar refractivity (Wildman–Crippen MR) is 108 cm³/mol. The number of anilines is 1. The molecule has 154 valence electrons. The number of thiophene rings is 1. The highest BCUT2D eigenvalue weighted by molar-refractivity contribution is 7.18. The Hall–Kier alpha value is -3.25. The highest BCUT2D eigenvalue weighted by Gasteiger charge is 2.22. The molecule has 0 radical (unpaired) electrons. The predicted octanol–water partition coefficient (Wildman–Crippen LogP) is 3.31. The Bertz CT molecular complexity index is 936. The lowest BCUT2D eigenvalue weighted by Gasteiger charge is -2.14. The van der Waals surface area contributed by atoms with Crippen molar-refractivity contribution in [3.63, 3.8) is 0 Å². The molecule has 0 aliphatic rings. The number of carbonyl (C=O) groups excluding carboxylic acids is 2. The minimum absolute atomic E-state index is 0.00721. The fourth-order valence-electron chi connectivity index (χ4n) is 2.72. The molecule has 1 aromatic heterocycles. The Labute approximate surface area is 172 Å². The van der Waals surface area contributed by atoms with Gasteiger partial charge in [0, 0.05) is 0 Å². The van der Waals surface area contributed by atoms with Crippen LogP contribution in [-0.2, 0) is 16.0 Å². The van der Waals surface area contributed by atoms with Gasteiger partial charge in [0.2, 0.25) is 11.7 Å². The molecule has 0 unspecified atom stereocenters. The molecule has 0 saturated carbocycles. The first-order valence-corrected chi connectivity index (χ1v) is 9.51. The minimum Gasteiger partial charge on any atom is -0.493 e. The van der Waals surface area contributed by atoms with E-state index in [-0.39, 0.29) is 24.5 Å². The topological polar surface area (TPSA) is 107 Å². The molecule has 1 aromatic carbocycles. The summed E-state index contributed by atoms with van der Waals surface area (Å²) in [7, 11) is 4.48. The van der Waals surface area contributed by atoms with Crippen LogP contribution >= 0.6 is 11.3 Å². The number of benzene rings is 1. The van der Waals surface area contributed by atoms with Crippen molar-refractivity contribution < 1.29 is 28.5 Å². The summed E-state index contributed by atoms with van der Waals surface area (Å²) in [5.74, 6) is 0.427. The summed E-state index contributed by atoms with van der Waals surface area (Å²) >= 11 is 1.02. The van der Waals surface area contributed by atoms with Crippen LogP contribution < -0.4 is 19.5 Å². The largest absolute Gasteiger partial charge is 0.493 e. The van der Waals surface area contributed by atoms with Gasteiger partial charge in [0.25, 0.3) is 0 Å². The Kier molecular flexibility index (Phi) is 7.45. The summed E-state index contributed by atoms with van der Waals surface area (Å²) in [6.07, 6.45) is 0.00721. The summed E-state index contributed by atoms with van der Waals surface area (Å²) in [6, 6.07) is 5.39. The number of nitrogens with one attached hydrogen (secondary N) is 1. The van der Waals surface area contributed by atoms with E-state index in [0.717, 1.165) is 11.3 Å². The lowest BCUT2D eigenvalue weighted by atomic mass is 10.1. The number of carbonyl (C=O) groups is 2. The van der Waals surface area contributed by atoms with E-state index >= 15 is 0 Å². The van der Waals surface area contributed by atoms with E-state index in [2.05, 4.69) is 5.32 Å². The highest BCUT2D eigenvalue weighted by Crippen LogP contribution is 2.38. The Balaban J connectivity index is 2.27. The first-order chi connectivity index (χ1) is 13.9. The maximum atomic E-state index is 12.6. The zero-order valence-electron chi connectivity index (χ0n) is 16.9. The zero-order chi connectivity index (χ0) is 21.6. The second-order valence-electron chi connectivity index (χ2n) is 5.85. The van der Waals surface area contributed by atoms with Crippen LogP contribution in [0, 0.1) is 18.3 Å². The molecule has 0 bridgehead atoms. The van der Waals surface area contributed by atoms with Gasteiger partial charge in [-0.1, -0.05) is 0 Å². The van der Waals surface area contributed by atoms with Crippen LogP contribution in [0.15, 0.2) is 12.1 Å². The zero-order valence-corrected chi connectivity index (χ0v) is 17.7. The standard InChI is InChI=1S/C20H22N2O6S/c1-6-28-20(24)18-11(2)13(10-21)19(29-18)22-16(23)9-12-7-14(25-3)17(27-5)15(8-12)26-4/h7-8H,6,9H2,1-5H3,(H,22,23). The van der Waals surface area contributed by atoms with Crippen LogP contribution in [0.4, 0.5) is 5.00 Å². The van der Waals surface area contributed by atoms with E-state index in [1.165, 1.54) is 21.3 Å². The second kappa shape index (κ2) is 9.80. The van der Waals surface area contributed by atoms with Gasteiger partial charge < -0.3 is 24.3 Å². The molecule has 0 fully saturated rings. The molecule has 8 nitrogen and oxygen atoms in total. The lowest BCUT2D eigenvalue weighted by Crippen LogP contribution is -2.14. The maximum Gasteiger partial charge on any atom is 0.348 e. The van der Waals surface area contributed by atoms with E-state index in [0.29, 0.717) is 38.3 Å². The van der Waals surface area contributed by atoms with Crippen molar-refractivity contribution in [1.82, 2.24) is 0 Å². The van der Waals surface area contributed by atoms with Crippen LogP contribution in [0.1, 0.15) is 33.3 Å². The summed E-state index contributed by atoms with van der Waals surface area (Å²) < 4.78 is 20.9. The number of esters is 1. The third-order valence-corrected chi connectivity index (χ3v) is 5.25. The van der Waals surface area contributed by atoms with Gasteiger partial charge in [-0.3, -0.25) is 4.79 Å². The van der Waals surface area contributed by atoms with Crippen molar-refractivity contribution in [2.75, 3.05) is 33.3 Å². The molecule has 9 heteroatoms. The molecule has 1 N–H and O–H groups in total. The quantitative estimate of drug-likeness (QED) is 0.655. The minimum atomic E-state index is -0.517. The number of nitriles is 1. The van der Waals surface area contributed by atoms with Crippen LogP contribution in [0.5, 0.6) is 17.2 Å². The van der Waals surface area contributed by atoms with Gasteiger partial charge in [0.15, 0.2) is 11.5 Å². The van der Waals surface area contributed by atoms with E-state index < -0.39 is 5.97 Å². The fourth-order valence-corrected chi connectivity index (χ4v) is 3.79. The van der Waals surface area contributed by atoms with Gasteiger partial charge in [-0.15, -0.1) is 11.3 Å². The molecule has 0 spiro atoms. The van der Waals surface area contributed by atoms with Gasteiger partial charge in [-0.25, -0.2) is 4.79 Å². The monoisotopic (exact) mass is 418 g/mol. The number of methoxy groups -OCH3 is 3. The first kappa shape index (κ1) is 22.0. The normalized spacial score (nSPS) is 10.1. The van der Waals surface area contributed by atoms with Crippen LogP contribution in [0.2, 0.25) is 0 Å². The Morgan fingerprint density at radius 2 is 1.76 bits per heavy atom. The number of hydrogen-bond donors (Lipinski definition) is 1. The number of rotatable bonds is 8. The molecule has 2 aromatic rings. The average Bonchev–Trinajstić information content (AvgIpc) is 3.02. The molecule has 0 aliphatic heterocycles. The van der Waals surface area contributed by atoms with E-state index in [1.54, 1.807) is 26.0 Å². The molecule has 1 amide bonds. The van der Waals surface area contributed by atoms with Crippen molar-refractivity contribution in [3.05, 3.63) is 33.7 Å². The molecular formula is C20H22N2O6S. The van der Waals surface area contributed by atoms with Gasteiger partial charge in [0.1, 0.15) is 15.9 Å². The summed E-state index contributed by atoms with van der Waals surface area (Å²) in [5.41, 5.74) is 1.37. The fraction of sp³-hybridized carbons (Fsp3) is 0.350. The van der Waals surface area contributed by atoms with Crippen molar-refractivity contribution in [1.29, 1.82) is 5.26 Å². The van der Waals surface area contributed by atoms with Crippen molar-refractivity contribution in [2.45, 2.75) is 20.3 Å². The van der Waals surface area contributed by atoms with E-state index in [1.807, 2.05) is 6.07 Å². The molecule has 0 atom stereocenters. The van der Waals surface area contributed by atoms with Gasteiger partial charge in [0.05, 0.1) is 39.9 Å². The highest BCUT2D eigenvalue weighted by atomic mass is 32.1. The third kappa shape index (κ3) is 4.78. The SMILES string of the molecule is CCOC(=O)c1sc(NC(=O)Cc2cc(OC)c(OC)c(OC)c2)c(C#N)c1C. The lowest BCUT2D eigenvalue weighted by molar-refractivity contribution is -0.115. The van der Waals surface area contributed by atoms with E-state index in [4.69, 9.17) is 18.9 Å². The molecule has 2 rings (SSSR count). The molecule has 0 aliphatic carbocycles. The summed E-state index contributed by atoms with van der Waals surface area (Å²) in [5, 5.41) is 12.4. The number of nitrogens with zero attached hydrogens (tertiary/aromatic N) is 1. The molecule has 29 heavy (non-hydrogen) atoms. The third-order valence-electron chi connectivity index (χ3n) is 4.06. The van der Waals surface area contributed by atoms with Crippen molar-refractivity contribution in [3.8, 4) is 23.3 Å². The van der Waals surface area contributed by atoms with Gasteiger partial charge in [-0.2, -0.15) is 5.26 Å². The average molecular weight is 418 g/mol. The number of hydrogen-bond acceptors (Lipinski definition) is 8. The van der Waals surface area contributed by atoms with Crippen LogP contribution in [0.25, 0.3) is 0 Å². The van der Waals surface area contributed by atoms with Crippen LogP contribution in [0.3, 0.4) is 0 Å². The molecule has 0 saturated heterocycles. The Morgan fingerprint density at radius 1 is 1.14 bits per heavy atom.